The Morgan fingerprint density at radius 2 is 1.82 bits per heavy atom. The molecule has 4 rings (SSSR count). The molecule has 39 heavy (non-hydrogen) atoms. The third kappa shape index (κ3) is 5.88. The molecule has 3 aromatic rings. The van der Waals surface area contributed by atoms with Crippen LogP contribution in [0.4, 0.5) is 0 Å². The van der Waals surface area contributed by atoms with Crippen molar-refractivity contribution in [2.45, 2.75) is 37.8 Å². The number of rotatable bonds is 11. The summed E-state index contributed by atoms with van der Waals surface area (Å²) in [6.07, 6.45) is 0.0903. The van der Waals surface area contributed by atoms with E-state index in [0.717, 1.165) is 0 Å². The predicted molar refractivity (Wildman–Crippen MR) is 142 cm³/mol. The minimum atomic E-state index is -1.49. The van der Waals surface area contributed by atoms with Crippen LogP contribution in [0.15, 0.2) is 48.5 Å². The van der Waals surface area contributed by atoms with Gasteiger partial charge in [-0.1, -0.05) is 12.1 Å². The molecule has 0 saturated heterocycles. The molecule has 0 spiro atoms. The van der Waals surface area contributed by atoms with Crippen molar-refractivity contribution in [3.8, 4) is 28.5 Å². The quantitative estimate of drug-likeness (QED) is 0.268. The van der Waals surface area contributed by atoms with Gasteiger partial charge in [0, 0.05) is 23.1 Å². The van der Waals surface area contributed by atoms with Gasteiger partial charge in [-0.15, -0.1) is 0 Å². The van der Waals surface area contributed by atoms with E-state index in [9.17, 15) is 19.8 Å². The maximum Gasteiger partial charge on any atom is 0.335 e. The van der Waals surface area contributed by atoms with E-state index in [1.807, 2.05) is 6.92 Å². The number of nitrogens with two attached hydrogens (primary N) is 1. The molecular formula is C29H32N2O8. The minimum Gasteiger partial charge on any atom is -0.493 e. The van der Waals surface area contributed by atoms with Crippen LogP contribution in [0.5, 0.6) is 17.2 Å². The standard InChI is InChI=1S/C29H32N2O8/c1-28(30)16-39-26-20(28)15-24(31-25(26)17-4-6-18(7-5-17)27(34)35)29(2,36)11-10-21(33)19-8-9-22(38-13-12-32)23(14-19)37-3/h4-9,14-15,32,36H,10-13,16,30H2,1-3H3,(H,34,35). The molecule has 0 bridgehead atoms. The van der Waals surface area contributed by atoms with E-state index >= 15 is 0 Å². The van der Waals surface area contributed by atoms with E-state index in [-0.39, 0.29) is 44.0 Å². The van der Waals surface area contributed by atoms with Crippen LogP contribution in [0.3, 0.4) is 0 Å². The Morgan fingerprint density at radius 3 is 2.46 bits per heavy atom. The molecule has 0 aliphatic carbocycles. The highest BCUT2D eigenvalue weighted by atomic mass is 16.5. The highest BCUT2D eigenvalue weighted by Gasteiger charge is 2.38. The Balaban J connectivity index is 1.61. The Kier molecular flexibility index (Phi) is 7.91. The van der Waals surface area contributed by atoms with E-state index in [1.165, 1.54) is 19.2 Å². The van der Waals surface area contributed by atoms with Gasteiger partial charge < -0.3 is 35.3 Å². The number of pyridine rings is 1. The number of carboxylic acid groups (broad SMARTS) is 1. The van der Waals surface area contributed by atoms with Crippen LogP contribution in [0, 0.1) is 0 Å². The number of aromatic carboxylic acids is 1. The number of methoxy groups -OCH3 is 1. The second-order valence-corrected chi connectivity index (χ2v) is 9.96. The fraction of sp³-hybridized carbons (Fsp3) is 0.345. The molecule has 0 amide bonds. The Hall–Kier alpha value is -3.99. The molecule has 0 radical (unpaired) electrons. The summed E-state index contributed by atoms with van der Waals surface area (Å²) in [6.45, 7) is 3.56. The van der Waals surface area contributed by atoms with Crippen LogP contribution >= 0.6 is 0 Å². The summed E-state index contributed by atoms with van der Waals surface area (Å²) in [7, 11) is 1.46. The maximum absolute atomic E-state index is 13.0. The summed E-state index contributed by atoms with van der Waals surface area (Å²) >= 11 is 0. The van der Waals surface area contributed by atoms with Crippen molar-refractivity contribution in [1.82, 2.24) is 4.98 Å². The lowest BCUT2D eigenvalue weighted by molar-refractivity contribution is 0.0396. The first kappa shape index (κ1) is 28.0. The minimum absolute atomic E-state index is 0.0186. The van der Waals surface area contributed by atoms with Gasteiger partial charge in [0.2, 0.25) is 0 Å². The fourth-order valence-electron chi connectivity index (χ4n) is 4.39. The summed E-state index contributed by atoms with van der Waals surface area (Å²) in [6, 6.07) is 12.7. The number of ketones is 1. The van der Waals surface area contributed by atoms with Gasteiger partial charge in [-0.25, -0.2) is 9.78 Å². The Bertz CT molecular complexity index is 1380. The van der Waals surface area contributed by atoms with Gasteiger partial charge in [0.15, 0.2) is 23.0 Å². The van der Waals surface area contributed by atoms with Crippen molar-refractivity contribution in [1.29, 1.82) is 0 Å². The van der Waals surface area contributed by atoms with Crippen LogP contribution in [0.2, 0.25) is 0 Å². The van der Waals surface area contributed by atoms with E-state index in [4.69, 9.17) is 30.0 Å². The van der Waals surface area contributed by atoms with Gasteiger partial charge in [0.25, 0.3) is 0 Å². The Labute approximate surface area is 226 Å². The van der Waals surface area contributed by atoms with Crippen LogP contribution in [0.25, 0.3) is 11.3 Å². The second-order valence-electron chi connectivity index (χ2n) is 9.96. The number of Topliss-reactive ketones (excluding diaryl/α,β-unsaturated/α-hetero) is 1. The molecule has 2 heterocycles. The van der Waals surface area contributed by atoms with E-state index in [0.29, 0.717) is 45.3 Å². The molecule has 5 N–H and O–H groups in total. The number of carbonyl (C=O) groups is 2. The smallest absolute Gasteiger partial charge is 0.335 e. The van der Waals surface area contributed by atoms with Crippen molar-refractivity contribution in [2.75, 3.05) is 26.9 Å². The highest BCUT2D eigenvalue weighted by molar-refractivity contribution is 5.96. The van der Waals surface area contributed by atoms with Gasteiger partial charge in [-0.3, -0.25) is 4.79 Å². The molecule has 1 aliphatic heterocycles. The average Bonchev–Trinajstić information content (AvgIpc) is 3.24. The zero-order valence-electron chi connectivity index (χ0n) is 22.1. The third-order valence-electron chi connectivity index (χ3n) is 6.74. The van der Waals surface area contributed by atoms with Crippen molar-refractivity contribution in [2.24, 2.45) is 5.73 Å². The van der Waals surface area contributed by atoms with Crippen LogP contribution in [-0.4, -0.2) is 59.0 Å². The Morgan fingerprint density at radius 1 is 1.13 bits per heavy atom. The molecule has 206 valence electrons. The first-order valence-corrected chi connectivity index (χ1v) is 12.5. The van der Waals surface area contributed by atoms with Gasteiger partial charge in [-0.05, 0) is 56.7 Å². The van der Waals surface area contributed by atoms with Gasteiger partial charge >= 0.3 is 5.97 Å². The molecule has 2 unspecified atom stereocenters. The predicted octanol–water partition coefficient (Wildman–Crippen LogP) is 3.26. The number of aliphatic hydroxyl groups is 2. The molecule has 10 nitrogen and oxygen atoms in total. The number of carbonyl (C=O) groups excluding carboxylic acids is 1. The molecule has 0 fully saturated rings. The van der Waals surface area contributed by atoms with Gasteiger partial charge in [0.1, 0.15) is 24.5 Å². The normalized spacial score (nSPS) is 17.6. The number of aliphatic hydroxyl groups excluding tert-OH is 1. The van der Waals surface area contributed by atoms with Crippen molar-refractivity contribution in [3.63, 3.8) is 0 Å². The lowest BCUT2D eigenvalue weighted by Crippen LogP contribution is -2.35. The monoisotopic (exact) mass is 536 g/mol. The molecule has 1 aromatic heterocycles. The fourth-order valence-corrected chi connectivity index (χ4v) is 4.39. The van der Waals surface area contributed by atoms with Crippen molar-refractivity contribution >= 4 is 11.8 Å². The first-order valence-electron chi connectivity index (χ1n) is 12.5. The van der Waals surface area contributed by atoms with Crippen LogP contribution in [-0.2, 0) is 11.1 Å². The van der Waals surface area contributed by atoms with Gasteiger partial charge in [-0.2, -0.15) is 0 Å². The maximum atomic E-state index is 13.0. The summed E-state index contributed by atoms with van der Waals surface area (Å²) in [5, 5.41) is 29.7. The number of aromatic nitrogens is 1. The molecule has 0 saturated carbocycles. The molecule has 2 atom stereocenters. The molecule has 1 aliphatic rings. The van der Waals surface area contributed by atoms with Crippen LogP contribution < -0.4 is 19.9 Å². The van der Waals surface area contributed by atoms with Crippen LogP contribution in [0.1, 0.15) is 58.7 Å². The van der Waals surface area contributed by atoms with Crippen molar-refractivity contribution in [3.05, 3.63) is 70.9 Å². The second kappa shape index (κ2) is 11.0. The number of nitrogens with zero attached hydrogens (tertiary/aromatic N) is 1. The number of hydrogen-bond acceptors (Lipinski definition) is 9. The topological polar surface area (TPSA) is 161 Å². The van der Waals surface area contributed by atoms with E-state index < -0.39 is 17.1 Å². The van der Waals surface area contributed by atoms with Crippen molar-refractivity contribution < 1.29 is 39.1 Å². The van der Waals surface area contributed by atoms with E-state index in [1.54, 1.807) is 43.3 Å². The first-order chi connectivity index (χ1) is 18.5. The lowest BCUT2D eigenvalue weighted by Gasteiger charge is -2.25. The summed E-state index contributed by atoms with van der Waals surface area (Å²) in [5.74, 6) is 0.00147. The largest absolute Gasteiger partial charge is 0.493 e. The summed E-state index contributed by atoms with van der Waals surface area (Å²) in [5.41, 5.74) is 6.71. The SMILES string of the molecule is COc1cc(C(=O)CCC(C)(O)c2cc3c(c(-c4ccc(C(=O)O)cc4)n2)OCC3(C)N)ccc1OCCO. The third-order valence-corrected chi connectivity index (χ3v) is 6.74. The lowest BCUT2D eigenvalue weighted by atomic mass is 9.88. The average molecular weight is 537 g/mol. The molecule has 10 heteroatoms. The number of hydrogen-bond donors (Lipinski definition) is 4. The molecular weight excluding hydrogens is 504 g/mol. The summed E-state index contributed by atoms with van der Waals surface area (Å²) < 4.78 is 16.6. The van der Waals surface area contributed by atoms with Gasteiger partial charge in [0.05, 0.1) is 30.5 Å². The zero-order chi connectivity index (χ0) is 28.4. The number of fused-ring (bicyclic) bond motifs is 1. The summed E-state index contributed by atoms with van der Waals surface area (Å²) in [4.78, 5) is 29.0. The number of benzene rings is 2. The van der Waals surface area contributed by atoms with E-state index in [2.05, 4.69) is 0 Å². The zero-order valence-corrected chi connectivity index (χ0v) is 22.1. The number of ether oxygens (including phenoxy) is 3. The molecule has 2 aromatic carbocycles. The highest BCUT2D eigenvalue weighted by Crippen LogP contribution is 2.44. The number of carboxylic acids is 1.